The van der Waals surface area contributed by atoms with Crippen molar-refractivity contribution in [3.63, 3.8) is 0 Å². The molecule has 0 unspecified atom stereocenters. The number of benzene rings is 2. The molecule has 0 saturated heterocycles. The molecule has 0 spiro atoms. The van der Waals surface area contributed by atoms with Gasteiger partial charge in [0.1, 0.15) is 0 Å². The molecule has 0 aliphatic carbocycles. The van der Waals surface area contributed by atoms with Gasteiger partial charge in [-0.1, -0.05) is 32.0 Å². The molecule has 0 aliphatic rings. The summed E-state index contributed by atoms with van der Waals surface area (Å²) in [6.45, 7) is 4.39. The van der Waals surface area contributed by atoms with Crippen molar-refractivity contribution in [3.8, 4) is 0 Å². The van der Waals surface area contributed by atoms with Gasteiger partial charge in [-0.3, -0.25) is 0 Å². The molecule has 2 aromatic rings. The van der Waals surface area contributed by atoms with E-state index in [0.29, 0.717) is 5.92 Å². The van der Waals surface area contributed by atoms with Crippen molar-refractivity contribution in [2.24, 2.45) is 0 Å². The third kappa shape index (κ3) is 2.43. The minimum Gasteiger partial charge on any atom is -0.180 e. The van der Waals surface area contributed by atoms with E-state index in [4.69, 9.17) is 0 Å². The van der Waals surface area contributed by atoms with Gasteiger partial charge in [-0.25, -0.2) is 0 Å². The molecule has 0 heterocycles. The van der Waals surface area contributed by atoms with Crippen LogP contribution in [0.1, 0.15) is 25.3 Å². The first-order valence-corrected chi connectivity index (χ1v) is 4.68. The molecule has 14 heavy (non-hydrogen) atoms. The first kappa shape index (κ1) is 11.9. The molecular formula is C13H13Y-. The Morgan fingerprint density at radius 1 is 1.07 bits per heavy atom. The normalized spacial score (nSPS) is 10.2. The summed E-state index contributed by atoms with van der Waals surface area (Å²) in [6, 6.07) is 16.0. The maximum Gasteiger partial charge on any atom is 0 e. The minimum absolute atomic E-state index is 0. The van der Waals surface area contributed by atoms with Gasteiger partial charge in [-0.2, -0.15) is 23.8 Å². The summed E-state index contributed by atoms with van der Waals surface area (Å²) in [5.41, 5.74) is 1.29. The minimum atomic E-state index is 0. The average molecular weight is 258 g/mol. The quantitative estimate of drug-likeness (QED) is 0.683. The predicted octanol–water partition coefficient (Wildman–Crippen LogP) is 3.76. The van der Waals surface area contributed by atoms with Crippen LogP contribution in [0.15, 0.2) is 36.4 Å². The van der Waals surface area contributed by atoms with E-state index < -0.39 is 0 Å². The van der Waals surface area contributed by atoms with Crippen LogP contribution < -0.4 is 0 Å². The number of hydrogen-bond acceptors (Lipinski definition) is 0. The molecule has 0 aromatic heterocycles. The summed E-state index contributed by atoms with van der Waals surface area (Å²) >= 11 is 0. The summed E-state index contributed by atoms with van der Waals surface area (Å²) in [4.78, 5) is 0. The Bertz CT molecular complexity index is 418. The molecule has 2 aromatic carbocycles. The van der Waals surface area contributed by atoms with E-state index in [0.717, 1.165) is 0 Å². The van der Waals surface area contributed by atoms with Crippen molar-refractivity contribution < 1.29 is 32.7 Å². The molecule has 0 saturated carbocycles. The van der Waals surface area contributed by atoms with Crippen molar-refractivity contribution in [1.29, 1.82) is 0 Å². The van der Waals surface area contributed by atoms with Gasteiger partial charge in [0.2, 0.25) is 0 Å². The van der Waals surface area contributed by atoms with Gasteiger partial charge in [-0.15, -0.1) is 16.8 Å². The topological polar surface area (TPSA) is 0 Å². The summed E-state index contributed by atoms with van der Waals surface area (Å²) in [6.07, 6.45) is 0. The number of rotatable bonds is 1. The number of fused-ring (bicyclic) bond motifs is 1. The second kappa shape index (κ2) is 5.05. The molecule has 0 N–H and O–H groups in total. The molecule has 0 fully saturated rings. The molecule has 0 amide bonds. The summed E-state index contributed by atoms with van der Waals surface area (Å²) in [5, 5.41) is 2.58. The van der Waals surface area contributed by atoms with Gasteiger partial charge >= 0.3 is 0 Å². The fourth-order valence-corrected chi connectivity index (χ4v) is 1.48. The molecule has 1 radical (unpaired) electrons. The van der Waals surface area contributed by atoms with E-state index >= 15 is 0 Å². The van der Waals surface area contributed by atoms with Crippen LogP contribution in [0, 0.1) is 6.07 Å². The van der Waals surface area contributed by atoms with Crippen LogP contribution in [-0.4, -0.2) is 0 Å². The molecule has 0 aliphatic heterocycles. The fraction of sp³-hybridized carbons (Fsp3) is 0.231. The Balaban J connectivity index is 0.000000980. The van der Waals surface area contributed by atoms with E-state index in [2.05, 4.69) is 56.3 Å². The van der Waals surface area contributed by atoms with Crippen LogP contribution in [0.2, 0.25) is 0 Å². The van der Waals surface area contributed by atoms with Crippen molar-refractivity contribution in [3.05, 3.63) is 48.0 Å². The van der Waals surface area contributed by atoms with Gasteiger partial charge < -0.3 is 0 Å². The largest absolute Gasteiger partial charge is 0.180 e. The molecule has 0 nitrogen and oxygen atoms in total. The molecular weight excluding hydrogens is 245 g/mol. The van der Waals surface area contributed by atoms with Crippen molar-refractivity contribution in [2.45, 2.75) is 19.8 Å². The second-order valence-corrected chi connectivity index (χ2v) is 3.67. The average Bonchev–Trinajstić information content (AvgIpc) is 2.17. The maximum absolute atomic E-state index is 3.31. The van der Waals surface area contributed by atoms with E-state index in [1.54, 1.807) is 0 Å². The van der Waals surface area contributed by atoms with Crippen molar-refractivity contribution >= 4 is 10.8 Å². The monoisotopic (exact) mass is 258 g/mol. The van der Waals surface area contributed by atoms with Crippen molar-refractivity contribution in [2.75, 3.05) is 0 Å². The Hall–Kier alpha value is -0.196. The standard InChI is InChI=1S/C13H13.Y/c1-10(2)12-8-7-11-5-3-4-6-13(11)9-12;/h3-7,9-10H,1-2H3;/q-1;. The van der Waals surface area contributed by atoms with Gasteiger partial charge in [0.15, 0.2) is 0 Å². The fourth-order valence-electron chi connectivity index (χ4n) is 1.48. The zero-order chi connectivity index (χ0) is 9.26. The van der Waals surface area contributed by atoms with Crippen molar-refractivity contribution in [1.82, 2.24) is 0 Å². The smallest absolute Gasteiger partial charge is 0 e. The molecule has 2 rings (SSSR count). The van der Waals surface area contributed by atoms with E-state index in [-0.39, 0.29) is 32.7 Å². The Kier molecular flexibility index (Phi) is 4.28. The van der Waals surface area contributed by atoms with E-state index in [1.165, 1.54) is 16.3 Å². The zero-order valence-corrected chi connectivity index (χ0v) is 11.5. The van der Waals surface area contributed by atoms with Gasteiger partial charge in [0, 0.05) is 32.7 Å². The second-order valence-electron chi connectivity index (χ2n) is 3.67. The third-order valence-corrected chi connectivity index (χ3v) is 2.32. The van der Waals surface area contributed by atoms with Crippen LogP contribution in [0.4, 0.5) is 0 Å². The van der Waals surface area contributed by atoms with Crippen LogP contribution in [0.25, 0.3) is 10.8 Å². The van der Waals surface area contributed by atoms with Crippen LogP contribution >= 0.6 is 0 Å². The summed E-state index contributed by atoms with van der Waals surface area (Å²) in [5.74, 6) is 0.560. The zero-order valence-electron chi connectivity index (χ0n) is 8.62. The van der Waals surface area contributed by atoms with E-state index in [9.17, 15) is 0 Å². The summed E-state index contributed by atoms with van der Waals surface area (Å²) in [7, 11) is 0. The maximum atomic E-state index is 3.31. The first-order chi connectivity index (χ1) is 6.27. The molecule has 69 valence electrons. The first-order valence-electron chi connectivity index (χ1n) is 4.68. The molecule has 1 heteroatoms. The third-order valence-electron chi connectivity index (χ3n) is 2.32. The predicted molar refractivity (Wildman–Crippen MR) is 56.9 cm³/mol. The van der Waals surface area contributed by atoms with E-state index in [1.807, 2.05) is 0 Å². The van der Waals surface area contributed by atoms with Gasteiger partial charge in [-0.05, 0) is 5.92 Å². The Morgan fingerprint density at radius 2 is 1.71 bits per heavy atom. The summed E-state index contributed by atoms with van der Waals surface area (Å²) < 4.78 is 0. The Morgan fingerprint density at radius 3 is 2.36 bits per heavy atom. The molecule has 0 bridgehead atoms. The SMILES string of the molecule is CC(C)c1[c-]cc2ccccc2c1.[Y]. The van der Waals surface area contributed by atoms with Crippen LogP contribution in [0.3, 0.4) is 0 Å². The van der Waals surface area contributed by atoms with Gasteiger partial charge in [0.05, 0.1) is 0 Å². The molecule has 0 atom stereocenters. The Labute approximate surface area is 111 Å². The van der Waals surface area contributed by atoms with Crippen LogP contribution in [-0.2, 0) is 32.7 Å². The van der Waals surface area contributed by atoms with Crippen LogP contribution in [0.5, 0.6) is 0 Å². The van der Waals surface area contributed by atoms with Gasteiger partial charge in [0.25, 0.3) is 0 Å². The number of hydrogen-bond donors (Lipinski definition) is 0.